The molecule has 0 bridgehead atoms. The lowest BCUT2D eigenvalue weighted by Crippen LogP contribution is -2.34. The summed E-state index contributed by atoms with van der Waals surface area (Å²) in [5.74, 6) is 2.06. The molecule has 1 aromatic rings. The SMILES string of the molecule is CCOc1cc(C2=NCCN2)ccc1OCC(=O)N(CC)CC. The van der Waals surface area contributed by atoms with Crippen LogP contribution in [0.25, 0.3) is 0 Å². The Morgan fingerprint density at radius 2 is 2.00 bits per heavy atom. The van der Waals surface area contributed by atoms with Gasteiger partial charge in [0, 0.05) is 25.2 Å². The third kappa shape index (κ3) is 4.37. The summed E-state index contributed by atoms with van der Waals surface area (Å²) in [6, 6.07) is 5.66. The van der Waals surface area contributed by atoms with Gasteiger partial charge in [-0.2, -0.15) is 0 Å². The molecule has 2 rings (SSSR count). The summed E-state index contributed by atoms with van der Waals surface area (Å²) < 4.78 is 11.3. The largest absolute Gasteiger partial charge is 0.490 e. The van der Waals surface area contributed by atoms with Gasteiger partial charge in [0.05, 0.1) is 13.2 Å². The third-order valence-electron chi connectivity index (χ3n) is 3.66. The van der Waals surface area contributed by atoms with Crippen LogP contribution in [-0.4, -0.2) is 56.0 Å². The van der Waals surface area contributed by atoms with Crippen molar-refractivity contribution in [1.82, 2.24) is 10.2 Å². The van der Waals surface area contributed by atoms with E-state index in [1.165, 1.54) is 0 Å². The Bertz CT molecular complexity index is 568. The van der Waals surface area contributed by atoms with Crippen LogP contribution in [0.2, 0.25) is 0 Å². The number of hydrogen-bond donors (Lipinski definition) is 1. The molecule has 6 heteroatoms. The predicted octanol–water partition coefficient (Wildman–Crippen LogP) is 1.68. The number of carbonyl (C=O) groups excluding carboxylic acids is 1. The Balaban J connectivity index is 2.09. The summed E-state index contributed by atoms with van der Waals surface area (Å²) >= 11 is 0. The normalized spacial score (nSPS) is 13.3. The smallest absolute Gasteiger partial charge is 0.260 e. The zero-order chi connectivity index (χ0) is 16.7. The molecule has 0 spiro atoms. The number of ether oxygens (including phenoxy) is 2. The molecule has 1 aliphatic rings. The van der Waals surface area contributed by atoms with Gasteiger partial charge in [-0.05, 0) is 39.0 Å². The van der Waals surface area contributed by atoms with Crippen molar-refractivity contribution in [2.75, 3.05) is 39.4 Å². The van der Waals surface area contributed by atoms with Crippen LogP contribution < -0.4 is 14.8 Å². The molecule has 0 atom stereocenters. The van der Waals surface area contributed by atoms with Crippen molar-refractivity contribution in [1.29, 1.82) is 0 Å². The molecule has 1 heterocycles. The quantitative estimate of drug-likeness (QED) is 0.792. The first-order chi connectivity index (χ1) is 11.2. The van der Waals surface area contributed by atoms with Gasteiger partial charge in [-0.25, -0.2) is 0 Å². The van der Waals surface area contributed by atoms with Crippen molar-refractivity contribution in [2.45, 2.75) is 20.8 Å². The number of rotatable bonds is 8. The second-order valence-corrected chi connectivity index (χ2v) is 5.11. The van der Waals surface area contributed by atoms with Crippen LogP contribution in [0, 0.1) is 0 Å². The second kappa shape index (κ2) is 8.41. The van der Waals surface area contributed by atoms with E-state index in [2.05, 4.69) is 10.3 Å². The maximum atomic E-state index is 12.1. The molecule has 126 valence electrons. The Hall–Kier alpha value is -2.24. The standard InChI is InChI=1S/C17H25N3O3/c1-4-20(5-2)16(21)12-23-14-8-7-13(11-15(14)22-6-3)17-18-9-10-19-17/h7-8,11H,4-6,9-10,12H2,1-3H3,(H,18,19). The number of likely N-dealkylation sites (N-methyl/N-ethyl adjacent to an activating group) is 1. The fourth-order valence-corrected chi connectivity index (χ4v) is 2.44. The first-order valence-electron chi connectivity index (χ1n) is 8.15. The van der Waals surface area contributed by atoms with Crippen molar-refractivity contribution in [3.63, 3.8) is 0 Å². The maximum absolute atomic E-state index is 12.1. The van der Waals surface area contributed by atoms with Crippen LogP contribution in [-0.2, 0) is 4.79 Å². The van der Waals surface area contributed by atoms with Crippen LogP contribution in [0.1, 0.15) is 26.3 Å². The Morgan fingerprint density at radius 1 is 1.22 bits per heavy atom. The minimum Gasteiger partial charge on any atom is -0.490 e. The van der Waals surface area contributed by atoms with E-state index in [0.29, 0.717) is 31.2 Å². The van der Waals surface area contributed by atoms with Crippen LogP contribution >= 0.6 is 0 Å². The van der Waals surface area contributed by atoms with E-state index in [9.17, 15) is 4.79 Å². The second-order valence-electron chi connectivity index (χ2n) is 5.11. The monoisotopic (exact) mass is 319 g/mol. The van der Waals surface area contributed by atoms with E-state index in [1.54, 1.807) is 4.90 Å². The fraction of sp³-hybridized carbons (Fsp3) is 0.529. The molecular weight excluding hydrogens is 294 g/mol. The average Bonchev–Trinajstić information content (AvgIpc) is 3.09. The molecule has 0 saturated carbocycles. The summed E-state index contributed by atoms with van der Waals surface area (Å²) in [6.45, 7) is 9.38. The molecule has 0 aromatic heterocycles. The van der Waals surface area contributed by atoms with E-state index in [0.717, 1.165) is 24.5 Å². The molecule has 0 aliphatic carbocycles. The topological polar surface area (TPSA) is 63.2 Å². The zero-order valence-corrected chi connectivity index (χ0v) is 14.1. The number of benzene rings is 1. The van der Waals surface area contributed by atoms with Gasteiger partial charge in [0.1, 0.15) is 5.84 Å². The molecule has 0 radical (unpaired) electrons. The molecular formula is C17H25N3O3. The van der Waals surface area contributed by atoms with Gasteiger partial charge < -0.3 is 19.7 Å². The van der Waals surface area contributed by atoms with Gasteiger partial charge in [0.15, 0.2) is 18.1 Å². The molecule has 1 aliphatic heterocycles. The summed E-state index contributed by atoms with van der Waals surface area (Å²) in [5, 5.41) is 3.23. The lowest BCUT2D eigenvalue weighted by atomic mass is 10.2. The van der Waals surface area contributed by atoms with Crippen molar-refractivity contribution < 1.29 is 14.3 Å². The average molecular weight is 319 g/mol. The van der Waals surface area contributed by atoms with Gasteiger partial charge in [0.25, 0.3) is 5.91 Å². The van der Waals surface area contributed by atoms with Crippen LogP contribution in [0.15, 0.2) is 23.2 Å². The van der Waals surface area contributed by atoms with Gasteiger partial charge in [-0.1, -0.05) is 0 Å². The molecule has 0 fully saturated rings. The van der Waals surface area contributed by atoms with Crippen molar-refractivity contribution in [2.24, 2.45) is 4.99 Å². The highest BCUT2D eigenvalue weighted by Crippen LogP contribution is 2.29. The van der Waals surface area contributed by atoms with E-state index in [-0.39, 0.29) is 12.5 Å². The number of aliphatic imine (C=N–C) groups is 1. The number of nitrogens with one attached hydrogen (secondary N) is 1. The zero-order valence-electron chi connectivity index (χ0n) is 14.1. The van der Waals surface area contributed by atoms with E-state index >= 15 is 0 Å². The van der Waals surface area contributed by atoms with Crippen molar-refractivity contribution in [3.8, 4) is 11.5 Å². The van der Waals surface area contributed by atoms with Crippen LogP contribution in [0.5, 0.6) is 11.5 Å². The molecule has 0 unspecified atom stereocenters. The first kappa shape index (κ1) is 17.1. The Kier molecular flexibility index (Phi) is 6.26. The lowest BCUT2D eigenvalue weighted by Gasteiger charge is -2.19. The summed E-state index contributed by atoms with van der Waals surface area (Å²) in [4.78, 5) is 18.2. The van der Waals surface area contributed by atoms with Crippen molar-refractivity contribution >= 4 is 11.7 Å². The van der Waals surface area contributed by atoms with Gasteiger partial charge in [-0.3, -0.25) is 9.79 Å². The van der Waals surface area contributed by atoms with E-state index in [1.807, 2.05) is 39.0 Å². The number of hydrogen-bond acceptors (Lipinski definition) is 5. The number of amidine groups is 1. The molecule has 23 heavy (non-hydrogen) atoms. The third-order valence-corrected chi connectivity index (χ3v) is 3.66. The van der Waals surface area contributed by atoms with E-state index in [4.69, 9.17) is 9.47 Å². The van der Waals surface area contributed by atoms with Gasteiger partial charge in [-0.15, -0.1) is 0 Å². The number of nitrogens with zero attached hydrogens (tertiary/aromatic N) is 2. The number of amides is 1. The molecule has 1 aromatic carbocycles. The highest BCUT2D eigenvalue weighted by molar-refractivity contribution is 6.00. The Morgan fingerprint density at radius 3 is 2.61 bits per heavy atom. The van der Waals surface area contributed by atoms with Gasteiger partial charge in [0.2, 0.25) is 0 Å². The fourth-order valence-electron chi connectivity index (χ4n) is 2.44. The maximum Gasteiger partial charge on any atom is 0.260 e. The summed E-state index contributed by atoms with van der Waals surface area (Å²) in [7, 11) is 0. The first-order valence-corrected chi connectivity index (χ1v) is 8.15. The minimum atomic E-state index is -0.0247. The highest BCUT2D eigenvalue weighted by atomic mass is 16.5. The van der Waals surface area contributed by atoms with Crippen LogP contribution in [0.3, 0.4) is 0 Å². The lowest BCUT2D eigenvalue weighted by molar-refractivity contribution is -0.132. The highest BCUT2D eigenvalue weighted by Gasteiger charge is 2.15. The Labute approximate surface area is 137 Å². The minimum absolute atomic E-state index is 0.0142. The van der Waals surface area contributed by atoms with Crippen LogP contribution in [0.4, 0.5) is 0 Å². The number of carbonyl (C=O) groups is 1. The molecule has 6 nitrogen and oxygen atoms in total. The summed E-state index contributed by atoms with van der Waals surface area (Å²) in [5.41, 5.74) is 0.966. The summed E-state index contributed by atoms with van der Waals surface area (Å²) in [6.07, 6.45) is 0. The molecule has 0 saturated heterocycles. The molecule has 1 amide bonds. The van der Waals surface area contributed by atoms with E-state index < -0.39 is 0 Å². The molecule has 1 N–H and O–H groups in total. The van der Waals surface area contributed by atoms with Gasteiger partial charge >= 0.3 is 0 Å². The van der Waals surface area contributed by atoms with Crippen molar-refractivity contribution in [3.05, 3.63) is 23.8 Å². The predicted molar refractivity (Wildman–Crippen MR) is 90.4 cm³/mol.